The molecule has 90 valence electrons. The van der Waals surface area contributed by atoms with Crippen molar-refractivity contribution in [2.75, 3.05) is 14.2 Å². The Morgan fingerprint density at radius 2 is 2.24 bits per heavy atom. The minimum absolute atomic E-state index is 0.0267. The number of ether oxygens (including phenoxy) is 1. The molecule has 1 atom stereocenters. The third kappa shape index (κ3) is 2.45. The van der Waals surface area contributed by atoms with Gasteiger partial charge in [-0.3, -0.25) is 9.67 Å². The molecule has 1 unspecified atom stereocenters. The molecule has 5 nitrogen and oxygen atoms in total. The highest BCUT2D eigenvalue weighted by Crippen LogP contribution is 2.22. The zero-order chi connectivity index (χ0) is 12.3. The van der Waals surface area contributed by atoms with E-state index in [1.165, 1.54) is 0 Å². The van der Waals surface area contributed by atoms with Crippen molar-refractivity contribution in [3.63, 3.8) is 0 Å². The van der Waals surface area contributed by atoms with Crippen molar-refractivity contribution in [3.8, 4) is 5.75 Å². The summed E-state index contributed by atoms with van der Waals surface area (Å²) in [6.45, 7) is 0. The molecule has 2 aromatic rings. The fourth-order valence-corrected chi connectivity index (χ4v) is 1.78. The lowest BCUT2D eigenvalue weighted by molar-refractivity contribution is 0.411. The van der Waals surface area contributed by atoms with E-state index in [1.54, 1.807) is 18.0 Å². The number of aromatic nitrogens is 3. The zero-order valence-corrected chi connectivity index (χ0v) is 10.2. The molecule has 0 saturated heterocycles. The van der Waals surface area contributed by atoms with Gasteiger partial charge in [0.05, 0.1) is 25.0 Å². The Balaban J connectivity index is 2.34. The largest absolute Gasteiger partial charge is 0.495 e. The van der Waals surface area contributed by atoms with Crippen LogP contribution in [0.2, 0.25) is 0 Å². The van der Waals surface area contributed by atoms with E-state index in [-0.39, 0.29) is 6.04 Å². The standard InChI is InChI=1S/C12H16N4O/c1-13-12(11-4-5-16(2)15-11)9-6-10(17-3)8-14-7-9/h4-8,12-13H,1-3H3. The van der Waals surface area contributed by atoms with Crippen molar-refractivity contribution in [2.24, 2.45) is 7.05 Å². The van der Waals surface area contributed by atoms with E-state index in [0.29, 0.717) is 0 Å². The lowest BCUT2D eigenvalue weighted by Gasteiger charge is -2.14. The van der Waals surface area contributed by atoms with Crippen molar-refractivity contribution in [2.45, 2.75) is 6.04 Å². The predicted octanol–water partition coefficient (Wildman–Crippen LogP) is 1.13. The second-order valence-electron chi connectivity index (χ2n) is 3.79. The van der Waals surface area contributed by atoms with Crippen LogP contribution < -0.4 is 10.1 Å². The van der Waals surface area contributed by atoms with Crippen LogP contribution in [0.5, 0.6) is 5.75 Å². The molecule has 2 rings (SSSR count). The van der Waals surface area contributed by atoms with Crippen LogP contribution in [0.1, 0.15) is 17.3 Å². The third-order valence-corrected chi connectivity index (χ3v) is 2.62. The monoisotopic (exact) mass is 232 g/mol. The first-order valence-electron chi connectivity index (χ1n) is 5.40. The van der Waals surface area contributed by atoms with Crippen LogP contribution in [0, 0.1) is 0 Å². The minimum atomic E-state index is 0.0267. The van der Waals surface area contributed by atoms with Crippen LogP contribution in [-0.4, -0.2) is 28.9 Å². The zero-order valence-electron chi connectivity index (χ0n) is 10.2. The summed E-state index contributed by atoms with van der Waals surface area (Å²) in [7, 11) is 5.44. The van der Waals surface area contributed by atoms with Crippen molar-refractivity contribution in [1.29, 1.82) is 0 Å². The smallest absolute Gasteiger partial charge is 0.137 e. The Labute approximate surface area is 100 Å². The van der Waals surface area contributed by atoms with Crippen molar-refractivity contribution in [3.05, 3.63) is 42.0 Å². The maximum absolute atomic E-state index is 5.17. The first kappa shape index (κ1) is 11.6. The molecular formula is C12H16N4O. The molecule has 0 saturated carbocycles. The number of hydrogen-bond donors (Lipinski definition) is 1. The molecule has 0 radical (unpaired) electrons. The van der Waals surface area contributed by atoms with E-state index < -0.39 is 0 Å². The lowest BCUT2D eigenvalue weighted by atomic mass is 10.1. The third-order valence-electron chi connectivity index (χ3n) is 2.62. The Morgan fingerprint density at radius 1 is 1.41 bits per heavy atom. The molecule has 17 heavy (non-hydrogen) atoms. The molecule has 0 aliphatic carbocycles. The molecule has 0 aliphatic rings. The maximum Gasteiger partial charge on any atom is 0.137 e. The molecule has 2 aromatic heterocycles. The molecule has 1 N–H and O–H groups in total. The molecule has 0 aliphatic heterocycles. The summed E-state index contributed by atoms with van der Waals surface area (Å²) >= 11 is 0. The molecular weight excluding hydrogens is 216 g/mol. The Bertz CT molecular complexity index is 495. The molecule has 2 heterocycles. The Hall–Kier alpha value is -1.88. The summed E-state index contributed by atoms with van der Waals surface area (Å²) in [6, 6.07) is 3.97. The van der Waals surface area contributed by atoms with Gasteiger partial charge in [0.15, 0.2) is 0 Å². The number of hydrogen-bond acceptors (Lipinski definition) is 4. The van der Waals surface area contributed by atoms with E-state index in [4.69, 9.17) is 4.74 Å². The van der Waals surface area contributed by atoms with Crippen molar-refractivity contribution >= 4 is 0 Å². The number of rotatable bonds is 4. The molecule has 0 bridgehead atoms. The average Bonchev–Trinajstić information content (AvgIpc) is 2.77. The predicted molar refractivity (Wildman–Crippen MR) is 64.9 cm³/mol. The molecule has 5 heteroatoms. The van der Waals surface area contributed by atoms with Gasteiger partial charge in [-0.2, -0.15) is 5.10 Å². The van der Waals surface area contributed by atoms with Gasteiger partial charge >= 0.3 is 0 Å². The summed E-state index contributed by atoms with van der Waals surface area (Å²) in [6.07, 6.45) is 5.43. The highest BCUT2D eigenvalue weighted by Gasteiger charge is 2.15. The van der Waals surface area contributed by atoms with Gasteiger partial charge in [-0.25, -0.2) is 0 Å². The van der Waals surface area contributed by atoms with Gasteiger partial charge in [0.25, 0.3) is 0 Å². The topological polar surface area (TPSA) is 52.0 Å². The summed E-state index contributed by atoms with van der Waals surface area (Å²) in [5, 5.41) is 7.63. The van der Waals surface area contributed by atoms with Gasteiger partial charge in [-0.1, -0.05) is 0 Å². The maximum atomic E-state index is 5.17. The number of nitrogens with zero attached hydrogens (tertiary/aromatic N) is 3. The normalized spacial score (nSPS) is 12.4. The number of nitrogens with one attached hydrogen (secondary N) is 1. The summed E-state index contributed by atoms with van der Waals surface area (Å²) < 4.78 is 6.96. The molecule has 0 spiro atoms. The Morgan fingerprint density at radius 3 is 2.82 bits per heavy atom. The summed E-state index contributed by atoms with van der Waals surface area (Å²) in [4.78, 5) is 4.16. The van der Waals surface area contributed by atoms with E-state index in [2.05, 4.69) is 15.4 Å². The van der Waals surface area contributed by atoms with Crippen LogP contribution >= 0.6 is 0 Å². The summed E-state index contributed by atoms with van der Waals surface area (Å²) in [5.41, 5.74) is 2.00. The van der Waals surface area contributed by atoms with Gasteiger partial charge in [-0.05, 0) is 24.7 Å². The lowest BCUT2D eigenvalue weighted by Crippen LogP contribution is -2.18. The highest BCUT2D eigenvalue weighted by molar-refractivity contribution is 5.30. The quantitative estimate of drug-likeness (QED) is 0.858. The van der Waals surface area contributed by atoms with Crippen molar-refractivity contribution in [1.82, 2.24) is 20.1 Å². The fraction of sp³-hybridized carbons (Fsp3) is 0.333. The summed E-state index contributed by atoms with van der Waals surface area (Å²) in [5.74, 6) is 0.749. The van der Waals surface area contributed by atoms with Crippen LogP contribution in [0.3, 0.4) is 0 Å². The van der Waals surface area contributed by atoms with Crippen molar-refractivity contribution < 1.29 is 4.74 Å². The first-order chi connectivity index (χ1) is 8.24. The molecule has 0 amide bonds. The van der Waals surface area contributed by atoms with Gasteiger partial charge in [0, 0.05) is 19.4 Å². The minimum Gasteiger partial charge on any atom is -0.495 e. The van der Waals surface area contributed by atoms with Crippen LogP contribution in [0.4, 0.5) is 0 Å². The van der Waals surface area contributed by atoms with Crippen LogP contribution in [-0.2, 0) is 7.05 Å². The van der Waals surface area contributed by atoms with Gasteiger partial charge in [-0.15, -0.1) is 0 Å². The highest BCUT2D eigenvalue weighted by atomic mass is 16.5. The fourth-order valence-electron chi connectivity index (χ4n) is 1.78. The van der Waals surface area contributed by atoms with Crippen LogP contribution in [0.15, 0.2) is 30.7 Å². The van der Waals surface area contributed by atoms with Crippen LogP contribution in [0.25, 0.3) is 0 Å². The van der Waals surface area contributed by atoms with E-state index in [0.717, 1.165) is 17.0 Å². The van der Waals surface area contributed by atoms with Gasteiger partial charge in [0.1, 0.15) is 5.75 Å². The Kier molecular flexibility index (Phi) is 3.39. The number of methoxy groups -OCH3 is 1. The SMILES string of the molecule is CNC(c1cncc(OC)c1)c1ccn(C)n1. The second-order valence-corrected chi connectivity index (χ2v) is 3.79. The average molecular weight is 232 g/mol. The van der Waals surface area contributed by atoms with E-state index >= 15 is 0 Å². The van der Waals surface area contributed by atoms with E-state index in [1.807, 2.05) is 38.6 Å². The number of aryl methyl sites for hydroxylation is 1. The molecule has 0 aromatic carbocycles. The second kappa shape index (κ2) is 4.97. The van der Waals surface area contributed by atoms with Gasteiger partial charge in [0.2, 0.25) is 0 Å². The van der Waals surface area contributed by atoms with Gasteiger partial charge < -0.3 is 10.1 Å². The number of pyridine rings is 1. The van der Waals surface area contributed by atoms with E-state index in [9.17, 15) is 0 Å². The first-order valence-corrected chi connectivity index (χ1v) is 5.40. The molecule has 0 fully saturated rings.